The van der Waals surface area contributed by atoms with E-state index in [2.05, 4.69) is 58.0 Å². The second-order valence-electron chi connectivity index (χ2n) is 5.94. The summed E-state index contributed by atoms with van der Waals surface area (Å²) in [6, 6.07) is 4.62. The lowest BCUT2D eigenvalue weighted by atomic mass is 9.81. The summed E-state index contributed by atoms with van der Waals surface area (Å²) < 4.78 is 0.975. The van der Waals surface area contributed by atoms with Gasteiger partial charge < -0.3 is 5.32 Å². The summed E-state index contributed by atoms with van der Waals surface area (Å²) in [5.74, 6) is 0. The van der Waals surface area contributed by atoms with Crippen LogP contribution >= 0.6 is 40.7 Å². The molecule has 0 bridgehead atoms. The first-order valence-electron chi connectivity index (χ1n) is 6.55. The highest BCUT2D eigenvalue weighted by atomic mass is 79.9. The minimum absolute atomic E-state index is 0. The molecule has 1 fully saturated rings. The number of nitrogens with zero attached hydrogens (tertiary/aromatic N) is 2. The average Bonchev–Trinajstić information content (AvgIpc) is 2.32. The van der Waals surface area contributed by atoms with E-state index < -0.39 is 0 Å². The van der Waals surface area contributed by atoms with Gasteiger partial charge in [-0.25, -0.2) is 4.98 Å². The van der Waals surface area contributed by atoms with Crippen molar-refractivity contribution in [2.24, 2.45) is 5.41 Å². The molecule has 1 aromatic rings. The smallest absolute Gasteiger partial charge is 0.110 e. The van der Waals surface area contributed by atoms with E-state index in [1.807, 2.05) is 12.3 Å². The molecule has 2 heterocycles. The standard InChI is InChI=1S/C14H22BrN3.2ClH/c1-14(2,3)12(18-9-7-16-8-10-18)11-5-4-6-17-13(11)15;;/h4-6,12,16H,7-10H2,1-3H3;2*1H/t12-;;/m0../s1. The summed E-state index contributed by atoms with van der Waals surface area (Å²) in [7, 11) is 0. The van der Waals surface area contributed by atoms with Crippen molar-refractivity contribution in [2.75, 3.05) is 26.2 Å². The maximum atomic E-state index is 4.38. The SMILES string of the molecule is CC(C)(C)[C@H](c1cccnc1Br)N1CCNCC1.Cl.Cl. The molecule has 1 saturated heterocycles. The van der Waals surface area contributed by atoms with Crippen molar-refractivity contribution in [3.63, 3.8) is 0 Å². The molecule has 1 aliphatic rings. The van der Waals surface area contributed by atoms with Gasteiger partial charge in [0.25, 0.3) is 0 Å². The number of pyridine rings is 1. The molecule has 1 N–H and O–H groups in total. The number of hydrogen-bond acceptors (Lipinski definition) is 3. The van der Waals surface area contributed by atoms with E-state index in [-0.39, 0.29) is 30.2 Å². The highest BCUT2D eigenvalue weighted by Gasteiger charge is 2.33. The summed E-state index contributed by atoms with van der Waals surface area (Å²) in [6.45, 7) is 11.3. The summed E-state index contributed by atoms with van der Waals surface area (Å²) in [4.78, 5) is 6.95. The molecule has 1 atom stereocenters. The first kappa shape index (κ1) is 20.1. The minimum Gasteiger partial charge on any atom is -0.314 e. The predicted octanol–water partition coefficient (Wildman–Crippen LogP) is 3.68. The van der Waals surface area contributed by atoms with Crippen LogP contribution in [-0.2, 0) is 0 Å². The molecular weight excluding hydrogens is 361 g/mol. The molecule has 0 amide bonds. The summed E-state index contributed by atoms with van der Waals surface area (Å²) >= 11 is 3.60. The van der Waals surface area contributed by atoms with Crippen molar-refractivity contribution >= 4 is 40.7 Å². The van der Waals surface area contributed by atoms with Gasteiger partial charge in [0, 0.05) is 44.0 Å². The van der Waals surface area contributed by atoms with Gasteiger partial charge in [0.2, 0.25) is 0 Å². The largest absolute Gasteiger partial charge is 0.314 e. The second-order valence-corrected chi connectivity index (χ2v) is 6.69. The second kappa shape index (κ2) is 8.54. The van der Waals surface area contributed by atoms with Crippen LogP contribution in [0.4, 0.5) is 0 Å². The molecule has 116 valence electrons. The van der Waals surface area contributed by atoms with E-state index in [1.165, 1.54) is 5.56 Å². The molecule has 0 aliphatic carbocycles. The fourth-order valence-electron chi connectivity index (χ4n) is 2.75. The van der Waals surface area contributed by atoms with Crippen molar-refractivity contribution in [1.29, 1.82) is 0 Å². The molecule has 0 spiro atoms. The van der Waals surface area contributed by atoms with Crippen LogP contribution < -0.4 is 5.32 Å². The Morgan fingerprint density at radius 3 is 2.35 bits per heavy atom. The monoisotopic (exact) mass is 383 g/mol. The van der Waals surface area contributed by atoms with Gasteiger partial charge in [-0.1, -0.05) is 26.8 Å². The van der Waals surface area contributed by atoms with E-state index in [9.17, 15) is 0 Å². The van der Waals surface area contributed by atoms with Gasteiger partial charge in [0.15, 0.2) is 0 Å². The number of aromatic nitrogens is 1. The lowest BCUT2D eigenvalue weighted by Crippen LogP contribution is -2.48. The van der Waals surface area contributed by atoms with Crippen LogP contribution in [0.25, 0.3) is 0 Å². The van der Waals surface area contributed by atoms with E-state index in [0.717, 1.165) is 30.8 Å². The Hall–Kier alpha value is 0.130. The van der Waals surface area contributed by atoms with Gasteiger partial charge >= 0.3 is 0 Å². The molecule has 3 nitrogen and oxygen atoms in total. The third kappa shape index (κ3) is 4.85. The van der Waals surface area contributed by atoms with Crippen molar-refractivity contribution in [2.45, 2.75) is 26.8 Å². The maximum Gasteiger partial charge on any atom is 0.110 e. The molecule has 20 heavy (non-hydrogen) atoms. The van der Waals surface area contributed by atoms with Crippen LogP contribution in [0.2, 0.25) is 0 Å². The predicted molar refractivity (Wildman–Crippen MR) is 93.1 cm³/mol. The normalized spacial score (nSPS) is 17.8. The average molecular weight is 385 g/mol. The fourth-order valence-corrected chi connectivity index (χ4v) is 3.22. The lowest BCUT2D eigenvalue weighted by Gasteiger charge is -2.42. The van der Waals surface area contributed by atoms with Crippen LogP contribution in [0.5, 0.6) is 0 Å². The van der Waals surface area contributed by atoms with Gasteiger partial charge in [0.1, 0.15) is 4.60 Å². The summed E-state index contributed by atoms with van der Waals surface area (Å²) in [5.41, 5.74) is 1.50. The zero-order valence-electron chi connectivity index (χ0n) is 12.2. The zero-order chi connectivity index (χ0) is 13.2. The van der Waals surface area contributed by atoms with Gasteiger partial charge in [-0.3, -0.25) is 4.90 Å². The molecule has 0 aromatic carbocycles. The first-order valence-corrected chi connectivity index (χ1v) is 7.34. The van der Waals surface area contributed by atoms with Crippen LogP contribution in [0.3, 0.4) is 0 Å². The Kier molecular flexibility index (Phi) is 8.60. The van der Waals surface area contributed by atoms with E-state index in [4.69, 9.17) is 0 Å². The van der Waals surface area contributed by atoms with Crippen LogP contribution in [0.15, 0.2) is 22.9 Å². The molecule has 0 saturated carbocycles. The molecule has 1 aliphatic heterocycles. The van der Waals surface area contributed by atoms with Gasteiger partial charge in [0.05, 0.1) is 0 Å². The Morgan fingerprint density at radius 2 is 1.85 bits per heavy atom. The summed E-state index contributed by atoms with van der Waals surface area (Å²) in [6.07, 6.45) is 1.84. The van der Waals surface area contributed by atoms with Crippen LogP contribution in [0.1, 0.15) is 32.4 Å². The van der Waals surface area contributed by atoms with Crippen molar-refractivity contribution < 1.29 is 0 Å². The van der Waals surface area contributed by atoms with Gasteiger partial charge in [-0.2, -0.15) is 0 Å². The highest BCUT2D eigenvalue weighted by Crippen LogP contribution is 2.40. The Morgan fingerprint density at radius 1 is 1.25 bits per heavy atom. The molecule has 0 unspecified atom stereocenters. The Bertz CT molecular complexity index is 404. The van der Waals surface area contributed by atoms with E-state index >= 15 is 0 Å². The third-order valence-corrected chi connectivity index (χ3v) is 4.08. The van der Waals surface area contributed by atoms with E-state index in [1.54, 1.807) is 0 Å². The molecular formula is C14H24BrCl2N3. The fraction of sp³-hybridized carbons (Fsp3) is 0.643. The summed E-state index contributed by atoms with van der Waals surface area (Å²) in [5, 5.41) is 3.42. The first-order chi connectivity index (χ1) is 8.50. The molecule has 2 rings (SSSR count). The van der Waals surface area contributed by atoms with Gasteiger partial charge in [-0.15, -0.1) is 24.8 Å². The van der Waals surface area contributed by atoms with Crippen molar-refractivity contribution in [1.82, 2.24) is 15.2 Å². The van der Waals surface area contributed by atoms with Gasteiger partial charge in [-0.05, 0) is 27.4 Å². The van der Waals surface area contributed by atoms with E-state index in [0.29, 0.717) is 6.04 Å². The van der Waals surface area contributed by atoms with Crippen LogP contribution in [-0.4, -0.2) is 36.1 Å². The molecule has 1 aromatic heterocycles. The number of rotatable bonds is 2. The number of nitrogens with one attached hydrogen (secondary N) is 1. The number of piperazine rings is 1. The van der Waals surface area contributed by atoms with Crippen LogP contribution in [0, 0.1) is 5.41 Å². The topological polar surface area (TPSA) is 28.2 Å². The lowest BCUT2D eigenvalue weighted by molar-refractivity contribution is 0.0854. The Balaban J connectivity index is 0.00000180. The Labute approximate surface area is 142 Å². The molecule has 6 heteroatoms. The zero-order valence-corrected chi connectivity index (χ0v) is 15.4. The number of halogens is 3. The third-order valence-electron chi connectivity index (χ3n) is 3.42. The van der Waals surface area contributed by atoms with Crippen molar-refractivity contribution in [3.05, 3.63) is 28.5 Å². The number of hydrogen-bond donors (Lipinski definition) is 1. The minimum atomic E-state index is 0. The highest BCUT2D eigenvalue weighted by molar-refractivity contribution is 9.10. The quantitative estimate of drug-likeness (QED) is 0.788. The maximum absolute atomic E-state index is 4.38. The van der Waals surface area contributed by atoms with Crippen molar-refractivity contribution in [3.8, 4) is 0 Å². The molecule has 0 radical (unpaired) electrons.